The summed E-state index contributed by atoms with van der Waals surface area (Å²) in [6, 6.07) is 1.82. The third kappa shape index (κ3) is 2.84. The van der Waals surface area contributed by atoms with Crippen LogP contribution in [-0.2, 0) is 11.3 Å². The molecule has 0 aliphatic rings. The first kappa shape index (κ1) is 10.2. The van der Waals surface area contributed by atoms with E-state index in [-0.39, 0.29) is 5.91 Å². The standard InChI is InChI=1S/C8H11BrN2O2/c1-6-3-7(10-13-6)5-11(2)8(12)4-9/h3H,4-5H2,1-2H3. The molecule has 0 radical (unpaired) electrons. The summed E-state index contributed by atoms with van der Waals surface area (Å²) >= 11 is 3.10. The molecule has 0 fully saturated rings. The molecule has 0 bridgehead atoms. The number of aryl methyl sites for hydroxylation is 1. The number of carbonyl (C=O) groups is 1. The Hall–Kier alpha value is -0.840. The summed E-state index contributed by atoms with van der Waals surface area (Å²) < 4.78 is 4.88. The van der Waals surface area contributed by atoms with Gasteiger partial charge in [-0.3, -0.25) is 4.79 Å². The molecule has 4 nitrogen and oxygen atoms in total. The molecule has 0 aliphatic carbocycles. The molecule has 0 spiro atoms. The zero-order chi connectivity index (χ0) is 9.84. The summed E-state index contributed by atoms with van der Waals surface area (Å²) in [4.78, 5) is 12.7. The lowest BCUT2D eigenvalue weighted by Gasteiger charge is -2.12. The first-order valence-electron chi connectivity index (χ1n) is 3.85. The number of hydrogen-bond acceptors (Lipinski definition) is 3. The van der Waals surface area contributed by atoms with Gasteiger partial charge >= 0.3 is 0 Å². The summed E-state index contributed by atoms with van der Waals surface area (Å²) in [7, 11) is 1.73. The van der Waals surface area contributed by atoms with Gasteiger partial charge in [-0.2, -0.15) is 0 Å². The molecular formula is C8H11BrN2O2. The van der Waals surface area contributed by atoms with E-state index in [1.54, 1.807) is 11.9 Å². The number of hydrogen-bond donors (Lipinski definition) is 0. The first-order valence-corrected chi connectivity index (χ1v) is 4.97. The van der Waals surface area contributed by atoms with Gasteiger partial charge in [0.15, 0.2) is 0 Å². The van der Waals surface area contributed by atoms with Crippen LogP contribution in [0.15, 0.2) is 10.6 Å². The number of halogens is 1. The van der Waals surface area contributed by atoms with Gasteiger partial charge in [0.05, 0.1) is 11.9 Å². The van der Waals surface area contributed by atoms with Crippen molar-refractivity contribution in [3.8, 4) is 0 Å². The van der Waals surface area contributed by atoms with Crippen molar-refractivity contribution in [1.82, 2.24) is 10.1 Å². The van der Waals surface area contributed by atoms with Gasteiger partial charge in [-0.05, 0) is 6.92 Å². The zero-order valence-electron chi connectivity index (χ0n) is 7.58. The molecule has 1 rings (SSSR count). The molecule has 1 aromatic rings. The topological polar surface area (TPSA) is 46.3 Å². The normalized spacial score (nSPS) is 10.1. The molecule has 0 atom stereocenters. The second kappa shape index (κ2) is 4.41. The average molecular weight is 247 g/mol. The molecule has 72 valence electrons. The van der Waals surface area contributed by atoms with Gasteiger partial charge in [0.1, 0.15) is 11.5 Å². The third-order valence-corrected chi connectivity index (χ3v) is 2.10. The van der Waals surface area contributed by atoms with E-state index in [1.165, 1.54) is 0 Å². The Morgan fingerprint density at radius 2 is 2.46 bits per heavy atom. The minimum Gasteiger partial charge on any atom is -0.361 e. The largest absolute Gasteiger partial charge is 0.361 e. The molecular weight excluding hydrogens is 236 g/mol. The highest BCUT2D eigenvalue weighted by molar-refractivity contribution is 9.09. The average Bonchev–Trinajstić information content (AvgIpc) is 2.49. The second-order valence-corrected chi connectivity index (χ2v) is 3.37. The molecule has 1 aromatic heterocycles. The predicted molar refractivity (Wildman–Crippen MR) is 51.5 cm³/mol. The summed E-state index contributed by atoms with van der Waals surface area (Å²) in [5.41, 5.74) is 0.773. The molecule has 0 saturated carbocycles. The Bertz CT molecular complexity index is 298. The van der Waals surface area contributed by atoms with E-state index in [9.17, 15) is 4.79 Å². The summed E-state index contributed by atoms with van der Waals surface area (Å²) in [5.74, 6) is 0.787. The van der Waals surface area contributed by atoms with Crippen molar-refractivity contribution in [1.29, 1.82) is 0 Å². The van der Waals surface area contributed by atoms with Crippen LogP contribution in [0.25, 0.3) is 0 Å². The van der Waals surface area contributed by atoms with Crippen LogP contribution >= 0.6 is 15.9 Å². The molecule has 13 heavy (non-hydrogen) atoms. The number of rotatable bonds is 3. The SMILES string of the molecule is Cc1cc(CN(C)C(=O)CBr)no1. The van der Waals surface area contributed by atoms with Crippen molar-refractivity contribution in [2.75, 3.05) is 12.4 Å². The maximum atomic E-state index is 11.1. The van der Waals surface area contributed by atoms with Crippen LogP contribution in [0.4, 0.5) is 0 Å². The van der Waals surface area contributed by atoms with E-state index in [0.29, 0.717) is 11.9 Å². The Labute approximate surface area is 85.0 Å². The van der Waals surface area contributed by atoms with Crippen LogP contribution in [0.2, 0.25) is 0 Å². The highest BCUT2D eigenvalue weighted by Gasteiger charge is 2.09. The molecule has 5 heteroatoms. The number of aromatic nitrogens is 1. The Morgan fingerprint density at radius 3 is 2.92 bits per heavy atom. The highest BCUT2D eigenvalue weighted by Crippen LogP contribution is 2.04. The lowest BCUT2D eigenvalue weighted by Crippen LogP contribution is -2.27. The van der Waals surface area contributed by atoms with Gasteiger partial charge in [-0.1, -0.05) is 21.1 Å². The fourth-order valence-electron chi connectivity index (χ4n) is 0.926. The molecule has 0 N–H and O–H groups in total. The number of alkyl halides is 1. The van der Waals surface area contributed by atoms with Gasteiger partial charge in [-0.25, -0.2) is 0 Å². The lowest BCUT2D eigenvalue weighted by atomic mass is 10.3. The van der Waals surface area contributed by atoms with Crippen molar-refractivity contribution >= 4 is 21.8 Å². The molecule has 0 saturated heterocycles. The van der Waals surface area contributed by atoms with Crippen molar-refractivity contribution in [2.24, 2.45) is 0 Å². The van der Waals surface area contributed by atoms with Crippen LogP contribution in [0, 0.1) is 6.92 Å². The fraction of sp³-hybridized carbons (Fsp3) is 0.500. The summed E-state index contributed by atoms with van der Waals surface area (Å²) in [6.07, 6.45) is 0. The molecule has 0 aliphatic heterocycles. The third-order valence-electron chi connectivity index (χ3n) is 1.62. The lowest BCUT2D eigenvalue weighted by molar-refractivity contribution is -0.127. The molecule has 0 unspecified atom stereocenters. The van der Waals surface area contributed by atoms with Crippen molar-refractivity contribution in [3.63, 3.8) is 0 Å². The number of nitrogens with zero attached hydrogens (tertiary/aromatic N) is 2. The van der Waals surface area contributed by atoms with Crippen LogP contribution in [0.5, 0.6) is 0 Å². The molecule has 1 amide bonds. The van der Waals surface area contributed by atoms with Gasteiger partial charge in [0.25, 0.3) is 0 Å². The first-order chi connectivity index (χ1) is 6.13. The minimum absolute atomic E-state index is 0.0284. The maximum Gasteiger partial charge on any atom is 0.233 e. The van der Waals surface area contributed by atoms with Gasteiger partial charge in [-0.15, -0.1) is 0 Å². The van der Waals surface area contributed by atoms with Gasteiger partial charge in [0.2, 0.25) is 5.91 Å². The van der Waals surface area contributed by atoms with E-state index < -0.39 is 0 Å². The van der Waals surface area contributed by atoms with Crippen LogP contribution in [-0.4, -0.2) is 28.3 Å². The fourth-order valence-corrected chi connectivity index (χ4v) is 1.35. The maximum absolute atomic E-state index is 11.1. The summed E-state index contributed by atoms with van der Waals surface area (Å²) in [5, 5.41) is 4.12. The smallest absolute Gasteiger partial charge is 0.233 e. The van der Waals surface area contributed by atoms with Gasteiger partial charge in [0, 0.05) is 13.1 Å². The monoisotopic (exact) mass is 246 g/mol. The van der Waals surface area contributed by atoms with E-state index in [4.69, 9.17) is 4.52 Å². The molecule has 0 aromatic carbocycles. The predicted octanol–water partition coefficient (Wildman–Crippen LogP) is 1.34. The zero-order valence-corrected chi connectivity index (χ0v) is 9.17. The van der Waals surface area contributed by atoms with Crippen molar-refractivity contribution in [2.45, 2.75) is 13.5 Å². The van der Waals surface area contributed by atoms with Crippen molar-refractivity contribution in [3.05, 3.63) is 17.5 Å². The van der Waals surface area contributed by atoms with E-state index >= 15 is 0 Å². The second-order valence-electron chi connectivity index (χ2n) is 2.81. The number of amides is 1. The van der Waals surface area contributed by atoms with Crippen LogP contribution in [0.3, 0.4) is 0 Å². The highest BCUT2D eigenvalue weighted by atomic mass is 79.9. The summed E-state index contributed by atoms with van der Waals surface area (Å²) in [6.45, 7) is 2.31. The van der Waals surface area contributed by atoms with Gasteiger partial charge < -0.3 is 9.42 Å². The van der Waals surface area contributed by atoms with E-state index in [1.807, 2.05) is 13.0 Å². The Balaban J connectivity index is 2.54. The van der Waals surface area contributed by atoms with E-state index in [2.05, 4.69) is 21.1 Å². The quantitative estimate of drug-likeness (QED) is 0.757. The molecule has 1 heterocycles. The van der Waals surface area contributed by atoms with E-state index in [0.717, 1.165) is 11.5 Å². The minimum atomic E-state index is 0.0284. The Morgan fingerprint density at radius 1 is 1.77 bits per heavy atom. The van der Waals surface area contributed by atoms with Crippen molar-refractivity contribution < 1.29 is 9.32 Å². The van der Waals surface area contributed by atoms with Crippen LogP contribution < -0.4 is 0 Å². The Kier molecular flexibility index (Phi) is 3.48. The van der Waals surface area contributed by atoms with Crippen LogP contribution in [0.1, 0.15) is 11.5 Å². The number of carbonyl (C=O) groups excluding carboxylic acids is 1.